The van der Waals surface area contributed by atoms with Crippen LogP contribution < -0.4 is 4.74 Å². The number of benzene rings is 1. The summed E-state index contributed by atoms with van der Waals surface area (Å²) in [5, 5.41) is 0. The molecule has 0 amide bonds. The molecule has 0 spiro atoms. The van der Waals surface area contributed by atoms with E-state index in [-0.39, 0.29) is 0 Å². The van der Waals surface area contributed by atoms with Crippen molar-refractivity contribution < 1.29 is 9.47 Å². The molecule has 7 nitrogen and oxygen atoms in total. The molecule has 0 bridgehead atoms. The zero-order valence-electron chi connectivity index (χ0n) is 15.1. The van der Waals surface area contributed by atoms with Crippen molar-refractivity contribution in [3.8, 4) is 17.0 Å². The minimum absolute atomic E-state index is 0.461. The molecule has 4 rings (SSSR count). The number of nitrogens with one attached hydrogen (secondary N) is 1. The van der Waals surface area contributed by atoms with Gasteiger partial charge in [0.15, 0.2) is 5.65 Å². The highest BCUT2D eigenvalue weighted by molar-refractivity contribution is 5.86. The van der Waals surface area contributed by atoms with E-state index in [0.29, 0.717) is 24.7 Å². The lowest BCUT2D eigenvalue weighted by molar-refractivity contribution is 0.107. The van der Waals surface area contributed by atoms with Gasteiger partial charge in [-0.05, 0) is 36.2 Å². The number of hydrogen-bond donors (Lipinski definition) is 1. The molecule has 3 aromatic heterocycles. The Labute approximate surface area is 156 Å². The summed E-state index contributed by atoms with van der Waals surface area (Å²) in [6, 6.07) is 9.86. The van der Waals surface area contributed by atoms with Gasteiger partial charge < -0.3 is 14.5 Å². The number of rotatable bonds is 6. The Bertz CT molecular complexity index is 1060. The van der Waals surface area contributed by atoms with Gasteiger partial charge in [0, 0.05) is 18.0 Å². The van der Waals surface area contributed by atoms with Crippen molar-refractivity contribution >= 4 is 11.2 Å². The van der Waals surface area contributed by atoms with Gasteiger partial charge in [-0.1, -0.05) is 12.1 Å². The number of aromatic nitrogens is 5. The lowest BCUT2D eigenvalue weighted by atomic mass is 10.1. The molecular formula is C20H19N5O2. The van der Waals surface area contributed by atoms with Gasteiger partial charge >= 0.3 is 0 Å². The summed E-state index contributed by atoms with van der Waals surface area (Å²) in [5.74, 6) is 1.51. The molecule has 1 N–H and O–H groups in total. The molecule has 0 unspecified atom stereocenters. The summed E-state index contributed by atoms with van der Waals surface area (Å²) in [6.45, 7) is 2.83. The third-order valence-corrected chi connectivity index (χ3v) is 4.16. The Morgan fingerprint density at radius 1 is 1.00 bits per heavy atom. The summed E-state index contributed by atoms with van der Waals surface area (Å²) < 4.78 is 11.0. The van der Waals surface area contributed by atoms with Crippen LogP contribution in [0, 0.1) is 6.92 Å². The predicted octanol–water partition coefficient (Wildman–Crippen LogP) is 3.45. The molecule has 0 radical (unpaired) electrons. The summed E-state index contributed by atoms with van der Waals surface area (Å²) >= 11 is 0. The molecule has 0 saturated heterocycles. The van der Waals surface area contributed by atoms with E-state index in [1.54, 1.807) is 25.8 Å². The van der Waals surface area contributed by atoms with E-state index in [2.05, 4.69) is 24.9 Å². The van der Waals surface area contributed by atoms with Crippen LogP contribution in [0.15, 0.2) is 49.1 Å². The largest absolute Gasteiger partial charge is 0.497 e. The van der Waals surface area contributed by atoms with Gasteiger partial charge in [0.2, 0.25) is 0 Å². The standard InChI is InChI=1S/C20H19N5O2/c1-13-24-18(19-20(25-13)23-12-22-19)16-7-15(8-21-9-16)11-27-10-14-3-5-17(26-2)6-4-14/h3-9,12H,10-11H2,1-2H3,(H,22,23,24,25). The number of pyridine rings is 1. The van der Waals surface area contributed by atoms with E-state index in [4.69, 9.17) is 9.47 Å². The molecule has 4 aromatic rings. The normalized spacial score (nSPS) is 11.0. The lowest BCUT2D eigenvalue weighted by Gasteiger charge is -2.08. The number of aryl methyl sites for hydroxylation is 1. The number of methoxy groups -OCH3 is 1. The summed E-state index contributed by atoms with van der Waals surface area (Å²) in [4.78, 5) is 20.6. The highest BCUT2D eigenvalue weighted by atomic mass is 16.5. The molecular weight excluding hydrogens is 342 g/mol. The van der Waals surface area contributed by atoms with Crippen LogP contribution in [-0.2, 0) is 18.0 Å². The summed E-state index contributed by atoms with van der Waals surface area (Å²) in [5.41, 5.74) is 5.22. The highest BCUT2D eigenvalue weighted by Crippen LogP contribution is 2.24. The number of ether oxygens (including phenoxy) is 2. The average molecular weight is 361 g/mol. The van der Waals surface area contributed by atoms with Gasteiger partial charge in [-0.15, -0.1) is 0 Å². The van der Waals surface area contributed by atoms with Crippen LogP contribution in [0.1, 0.15) is 17.0 Å². The van der Waals surface area contributed by atoms with Crippen molar-refractivity contribution in [3.63, 3.8) is 0 Å². The van der Waals surface area contributed by atoms with Crippen LogP contribution in [0.2, 0.25) is 0 Å². The van der Waals surface area contributed by atoms with Gasteiger partial charge in [-0.25, -0.2) is 15.0 Å². The Balaban J connectivity index is 1.49. The molecule has 0 aliphatic heterocycles. The smallest absolute Gasteiger partial charge is 0.181 e. The molecule has 136 valence electrons. The molecule has 0 aliphatic rings. The van der Waals surface area contributed by atoms with Crippen molar-refractivity contribution in [1.82, 2.24) is 24.9 Å². The molecule has 27 heavy (non-hydrogen) atoms. The maximum Gasteiger partial charge on any atom is 0.181 e. The van der Waals surface area contributed by atoms with Gasteiger partial charge in [0.1, 0.15) is 22.8 Å². The second-order valence-electron chi connectivity index (χ2n) is 6.14. The van der Waals surface area contributed by atoms with Gasteiger partial charge in [0.25, 0.3) is 0 Å². The second kappa shape index (κ2) is 7.51. The first-order valence-corrected chi connectivity index (χ1v) is 8.55. The van der Waals surface area contributed by atoms with Crippen LogP contribution in [0.25, 0.3) is 22.4 Å². The molecule has 0 atom stereocenters. The van der Waals surface area contributed by atoms with E-state index in [1.807, 2.05) is 37.3 Å². The minimum atomic E-state index is 0.461. The molecule has 1 aromatic carbocycles. The fourth-order valence-corrected chi connectivity index (χ4v) is 2.86. The fourth-order valence-electron chi connectivity index (χ4n) is 2.86. The topological polar surface area (TPSA) is 85.8 Å². The minimum Gasteiger partial charge on any atom is -0.497 e. The fraction of sp³-hybridized carbons (Fsp3) is 0.200. The first-order valence-electron chi connectivity index (χ1n) is 8.55. The maximum absolute atomic E-state index is 5.83. The Morgan fingerprint density at radius 2 is 1.81 bits per heavy atom. The SMILES string of the molecule is COc1ccc(COCc2cncc(-c3nc(C)nc4nc[nH]c34)c2)cc1. The number of hydrogen-bond acceptors (Lipinski definition) is 6. The number of fused-ring (bicyclic) bond motifs is 1. The number of imidazole rings is 1. The number of H-pyrrole nitrogens is 1. The summed E-state index contributed by atoms with van der Waals surface area (Å²) in [6.07, 6.45) is 5.21. The Hall–Kier alpha value is -3.32. The maximum atomic E-state index is 5.83. The highest BCUT2D eigenvalue weighted by Gasteiger charge is 2.11. The van der Waals surface area contributed by atoms with Gasteiger partial charge in [-0.2, -0.15) is 0 Å². The van der Waals surface area contributed by atoms with Crippen LogP contribution >= 0.6 is 0 Å². The van der Waals surface area contributed by atoms with E-state index < -0.39 is 0 Å². The van der Waals surface area contributed by atoms with Gasteiger partial charge in [-0.3, -0.25) is 4.98 Å². The third-order valence-electron chi connectivity index (χ3n) is 4.16. The zero-order chi connectivity index (χ0) is 18.6. The van der Waals surface area contributed by atoms with Crippen molar-refractivity contribution in [2.45, 2.75) is 20.1 Å². The monoisotopic (exact) mass is 361 g/mol. The van der Waals surface area contributed by atoms with Crippen molar-refractivity contribution in [3.05, 3.63) is 66.0 Å². The first kappa shape index (κ1) is 17.1. The van der Waals surface area contributed by atoms with E-state index in [0.717, 1.165) is 33.7 Å². The molecule has 0 fully saturated rings. The second-order valence-corrected chi connectivity index (χ2v) is 6.14. The average Bonchev–Trinajstić information content (AvgIpc) is 3.16. The van der Waals surface area contributed by atoms with Crippen molar-refractivity contribution in [2.24, 2.45) is 0 Å². The quantitative estimate of drug-likeness (QED) is 0.566. The van der Waals surface area contributed by atoms with Crippen LogP contribution in [0.4, 0.5) is 0 Å². The van der Waals surface area contributed by atoms with Crippen molar-refractivity contribution in [2.75, 3.05) is 7.11 Å². The van der Waals surface area contributed by atoms with Crippen molar-refractivity contribution in [1.29, 1.82) is 0 Å². The predicted molar refractivity (Wildman–Crippen MR) is 101 cm³/mol. The van der Waals surface area contributed by atoms with E-state index >= 15 is 0 Å². The zero-order valence-corrected chi connectivity index (χ0v) is 15.1. The first-order chi connectivity index (χ1) is 13.2. The molecule has 0 saturated carbocycles. The van der Waals surface area contributed by atoms with Crippen LogP contribution in [0.3, 0.4) is 0 Å². The summed E-state index contributed by atoms with van der Waals surface area (Å²) in [7, 11) is 1.65. The third kappa shape index (κ3) is 3.78. The van der Waals surface area contributed by atoms with Crippen LogP contribution in [0.5, 0.6) is 5.75 Å². The lowest BCUT2D eigenvalue weighted by Crippen LogP contribution is -1.98. The van der Waals surface area contributed by atoms with E-state index in [9.17, 15) is 0 Å². The number of aromatic amines is 1. The molecule has 7 heteroatoms. The van der Waals surface area contributed by atoms with Crippen LogP contribution in [-0.4, -0.2) is 32.0 Å². The molecule has 3 heterocycles. The molecule has 0 aliphatic carbocycles. The van der Waals surface area contributed by atoms with Gasteiger partial charge in [0.05, 0.1) is 26.7 Å². The number of nitrogens with zero attached hydrogens (tertiary/aromatic N) is 4. The Kier molecular flexibility index (Phi) is 4.76. The Morgan fingerprint density at radius 3 is 2.63 bits per heavy atom. The van der Waals surface area contributed by atoms with E-state index in [1.165, 1.54) is 0 Å².